The van der Waals surface area contributed by atoms with Crippen molar-refractivity contribution in [3.05, 3.63) is 29.8 Å². The van der Waals surface area contributed by atoms with Gasteiger partial charge in [-0.25, -0.2) is 0 Å². The van der Waals surface area contributed by atoms with E-state index in [0.29, 0.717) is 5.75 Å². The Morgan fingerprint density at radius 2 is 1.47 bits per heavy atom. The van der Waals surface area contributed by atoms with Gasteiger partial charge in [-0.15, -0.1) is 0 Å². The molecule has 0 radical (unpaired) electrons. The smallest absolute Gasteiger partial charge is 0.186 e. The lowest BCUT2D eigenvalue weighted by Crippen LogP contribution is -1.94. The first-order valence-electron chi connectivity index (χ1n) is 5.69. The second-order valence-corrected chi connectivity index (χ2v) is 2.27. The molecule has 88 valence electrons. The van der Waals surface area contributed by atoms with Crippen LogP contribution >= 0.6 is 0 Å². The van der Waals surface area contributed by atoms with Crippen molar-refractivity contribution in [3.63, 3.8) is 0 Å². The van der Waals surface area contributed by atoms with E-state index < -0.39 is 0 Å². The fourth-order valence-electron chi connectivity index (χ4n) is 0.896. The quantitative estimate of drug-likeness (QED) is 0.775. The maximum absolute atomic E-state index is 8.42. The van der Waals surface area contributed by atoms with Crippen LogP contribution in [0.15, 0.2) is 24.3 Å². The van der Waals surface area contributed by atoms with Gasteiger partial charge in [-0.2, -0.15) is 0 Å². The SMILES string of the molecule is CC.CC.CCc1ccc(OCO)cc1. The predicted molar refractivity (Wildman–Crippen MR) is 66.2 cm³/mol. The van der Waals surface area contributed by atoms with Crippen LogP contribution in [0.4, 0.5) is 0 Å². The van der Waals surface area contributed by atoms with Gasteiger partial charge in [0.05, 0.1) is 0 Å². The van der Waals surface area contributed by atoms with Gasteiger partial charge in [0.1, 0.15) is 5.75 Å². The second-order valence-electron chi connectivity index (χ2n) is 2.27. The number of aryl methyl sites for hydroxylation is 1. The van der Waals surface area contributed by atoms with Gasteiger partial charge in [0, 0.05) is 0 Å². The number of hydrogen-bond donors (Lipinski definition) is 1. The maximum Gasteiger partial charge on any atom is 0.186 e. The molecule has 0 aromatic heterocycles. The number of rotatable bonds is 3. The molecule has 1 N–H and O–H groups in total. The molecular weight excluding hydrogens is 188 g/mol. The number of aliphatic hydroxyl groups is 1. The first kappa shape index (κ1) is 16.4. The highest BCUT2D eigenvalue weighted by Gasteiger charge is 1.91. The summed E-state index contributed by atoms with van der Waals surface area (Å²) in [6.45, 7) is 9.84. The highest BCUT2D eigenvalue weighted by atomic mass is 16.6. The van der Waals surface area contributed by atoms with Crippen LogP contribution in [0.1, 0.15) is 40.2 Å². The van der Waals surface area contributed by atoms with Crippen LogP contribution in [0, 0.1) is 0 Å². The summed E-state index contributed by atoms with van der Waals surface area (Å²) >= 11 is 0. The molecule has 0 saturated carbocycles. The van der Waals surface area contributed by atoms with Crippen LogP contribution in [0.5, 0.6) is 5.75 Å². The number of ether oxygens (including phenoxy) is 1. The van der Waals surface area contributed by atoms with Gasteiger partial charge < -0.3 is 9.84 Å². The van der Waals surface area contributed by atoms with Crippen molar-refractivity contribution < 1.29 is 9.84 Å². The highest BCUT2D eigenvalue weighted by Crippen LogP contribution is 2.11. The molecule has 0 aliphatic carbocycles. The van der Waals surface area contributed by atoms with E-state index >= 15 is 0 Å². The minimum Gasteiger partial charge on any atom is -0.468 e. The molecule has 0 unspecified atom stereocenters. The molecular formula is C13H24O2. The Bertz CT molecular complexity index is 204. The third-order valence-electron chi connectivity index (χ3n) is 1.56. The van der Waals surface area contributed by atoms with Gasteiger partial charge in [0.25, 0.3) is 0 Å². The van der Waals surface area contributed by atoms with Crippen molar-refractivity contribution in [2.24, 2.45) is 0 Å². The zero-order valence-corrected chi connectivity index (χ0v) is 10.6. The molecule has 0 saturated heterocycles. The molecule has 0 atom stereocenters. The van der Waals surface area contributed by atoms with Crippen molar-refractivity contribution in [2.75, 3.05) is 6.79 Å². The third kappa shape index (κ3) is 8.01. The summed E-state index contributed by atoms with van der Waals surface area (Å²) in [5.41, 5.74) is 1.27. The largest absolute Gasteiger partial charge is 0.468 e. The van der Waals surface area contributed by atoms with Gasteiger partial charge in [0.15, 0.2) is 6.79 Å². The monoisotopic (exact) mass is 212 g/mol. The molecule has 0 bridgehead atoms. The topological polar surface area (TPSA) is 29.5 Å². The molecule has 0 spiro atoms. The van der Waals surface area contributed by atoms with Crippen LogP contribution in [-0.2, 0) is 6.42 Å². The van der Waals surface area contributed by atoms with Crippen molar-refractivity contribution in [1.82, 2.24) is 0 Å². The van der Waals surface area contributed by atoms with Crippen molar-refractivity contribution in [3.8, 4) is 5.75 Å². The lowest BCUT2D eigenvalue weighted by atomic mass is 10.2. The summed E-state index contributed by atoms with van der Waals surface area (Å²) in [5.74, 6) is 0.713. The number of benzene rings is 1. The molecule has 0 amide bonds. The normalized spacial score (nSPS) is 7.87. The summed E-state index contributed by atoms with van der Waals surface area (Å²) in [6.07, 6.45) is 1.03. The van der Waals surface area contributed by atoms with E-state index in [1.54, 1.807) is 0 Å². The first-order valence-corrected chi connectivity index (χ1v) is 5.69. The maximum atomic E-state index is 8.42. The molecule has 1 aromatic rings. The average Bonchev–Trinajstić information content (AvgIpc) is 2.36. The van der Waals surface area contributed by atoms with E-state index in [1.807, 2.05) is 52.0 Å². The van der Waals surface area contributed by atoms with E-state index in [2.05, 4.69) is 6.92 Å². The van der Waals surface area contributed by atoms with E-state index in [9.17, 15) is 0 Å². The molecule has 0 aliphatic rings. The fourth-order valence-corrected chi connectivity index (χ4v) is 0.896. The highest BCUT2D eigenvalue weighted by molar-refractivity contribution is 5.26. The zero-order valence-electron chi connectivity index (χ0n) is 10.6. The molecule has 1 rings (SSSR count). The van der Waals surface area contributed by atoms with Gasteiger partial charge in [-0.1, -0.05) is 46.8 Å². The zero-order chi connectivity index (χ0) is 12.1. The van der Waals surface area contributed by atoms with Gasteiger partial charge >= 0.3 is 0 Å². The van der Waals surface area contributed by atoms with Crippen molar-refractivity contribution in [1.29, 1.82) is 0 Å². The Balaban J connectivity index is 0. The van der Waals surface area contributed by atoms with E-state index in [-0.39, 0.29) is 6.79 Å². The van der Waals surface area contributed by atoms with Crippen molar-refractivity contribution >= 4 is 0 Å². The Morgan fingerprint density at radius 3 is 1.80 bits per heavy atom. The van der Waals surface area contributed by atoms with Crippen LogP contribution in [-0.4, -0.2) is 11.9 Å². The average molecular weight is 212 g/mol. The Kier molecular flexibility index (Phi) is 14.2. The molecule has 2 heteroatoms. The molecule has 0 aliphatic heterocycles. The van der Waals surface area contributed by atoms with Gasteiger partial charge in [-0.3, -0.25) is 0 Å². The van der Waals surface area contributed by atoms with E-state index in [1.165, 1.54) is 5.56 Å². The lowest BCUT2D eigenvalue weighted by Gasteiger charge is -2.01. The number of hydrogen-bond acceptors (Lipinski definition) is 2. The molecule has 15 heavy (non-hydrogen) atoms. The summed E-state index contributed by atoms with van der Waals surface area (Å²) in [6, 6.07) is 7.69. The Labute approximate surface area is 93.9 Å². The lowest BCUT2D eigenvalue weighted by molar-refractivity contribution is 0.0985. The predicted octanol–water partition coefficient (Wildman–Crippen LogP) is 3.63. The van der Waals surface area contributed by atoms with E-state index in [4.69, 9.17) is 9.84 Å². The molecule has 2 nitrogen and oxygen atoms in total. The van der Waals surface area contributed by atoms with Crippen LogP contribution < -0.4 is 4.74 Å². The van der Waals surface area contributed by atoms with Crippen LogP contribution in [0.3, 0.4) is 0 Å². The summed E-state index contributed by atoms with van der Waals surface area (Å²) in [4.78, 5) is 0. The van der Waals surface area contributed by atoms with E-state index in [0.717, 1.165) is 6.42 Å². The minimum absolute atomic E-state index is 0.258. The second kappa shape index (κ2) is 13.0. The summed E-state index contributed by atoms with van der Waals surface area (Å²) in [5, 5.41) is 8.42. The summed E-state index contributed by atoms with van der Waals surface area (Å²) < 4.78 is 4.86. The van der Waals surface area contributed by atoms with Crippen LogP contribution in [0.2, 0.25) is 0 Å². The molecule has 0 fully saturated rings. The Morgan fingerprint density at radius 1 is 1.00 bits per heavy atom. The minimum atomic E-state index is -0.258. The number of aliphatic hydroxyl groups excluding tert-OH is 1. The summed E-state index contributed by atoms with van der Waals surface area (Å²) in [7, 11) is 0. The molecule has 1 aromatic carbocycles. The first-order chi connectivity index (χ1) is 7.36. The standard InChI is InChI=1S/C9H12O2.2C2H6/c1-2-8-3-5-9(6-4-8)11-7-10;2*1-2/h3-6,10H,2,7H2,1H3;2*1-2H3. The Hall–Kier alpha value is -1.02. The van der Waals surface area contributed by atoms with Gasteiger partial charge in [0.2, 0.25) is 0 Å². The van der Waals surface area contributed by atoms with Crippen molar-refractivity contribution in [2.45, 2.75) is 41.0 Å². The molecule has 0 heterocycles. The van der Waals surface area contributed by atoms with Crippen LogP contribution in [0.25, 0.3) is 0 Å². The van der Waals surface area contributed by atoms with Gasteiger partial charge in [-0.05, 0) is 24.1 Å². The third-order valence-corrected chi connectivity index (χ3v) is 1.56. The fraction of sp³-hybridized carbons (Fsp3) is 0.538.